The lowest BCUT2D eigenvalue weighted by molar-refractivity contribution is 0.0733. The lowest BCUT2D eigenvalue weighted by Crippen LogP contribution is -2.10. The number of aldehydes is 1. The van der Waals surface area contributed by atoms with Gasteiger partial charge >= 0.3 is 5.97 Å². The third kappa shape index (κ3) is 5.05. The van der Waals surface area contributed by atoms with E-state index in [0.717, 1.165) is 6.42 Å². The molecule has 0 fully saturated rings. The molecule has 4 nitrogen and oxygen atoms in total. The van der Waals surface area contributed by atoms with E-state index in [-0.39, 0.29) is 5.75 Å². The molecular formula is C22H17BrO4. The number of esters is 1. The number of para-hydroxylation sites is 1. The Bertz CT molecular complexity index is 938. The molecule has 0 aromatic heterocycles. The van der Waals surface area contributed by atoms with Crippen LogP contribution in [-0.4, -0.2) is 18.9 Å². The van der Waals surface area contributed by atoms with Crippen LogP contribution < -0.4 is 9.47 Å². The van der Waals surface area contributed by atoms with Crippen LogP contribution in [0.1, 0.15) is 26.3 Å². The van der Waals surface area contributed by atoms with Gasteiger partial charge in [0.2, 0.25) is 0 Å². The first-order valence-electron chi connectivity index (χ1n) is 8.40. The van der Waals surface area contributed by atoms with Gasteiger partial charge in [-0.15, -0.1) is 0 Å². The minimum Gasteiger partial charge on any atom is -0.492 e. The number of ether oxygens (including phenoxy) is 2. The van der Waals surface area contributed by atoms with Gasteiger partial charge < -0.3 is 9.47 Å². The summed E-state index contributed by atoms with van der Waals surface area (Å²) in [4.78, 5) is 23.4. The Kier molecular flexibility index (Phi) is 6.39. The Morgan fingerprint density at radius 2 is 1.67 bits per heavy atom. The Hall–Kier alpha value is -2.92. The molecule has 0 radical (unpaired) electrons. The molecule has 0 unspecified atom stereocenters. The maximum Gasteiger partial charge on any atom is 0.343 e. The number of hydrogen-bond acceptors (Lipinski definition) is 4. The largest absolute Gasteiger partial charge is 0.492 e. The maximum atomic E-state index is 12.3. The van der Waals surface area contributed by atoms with Gasteiger partial charge in [0, 0.05) is 6.42 Å². The van der Waals surface area contributed by atoms with E-state index in [0.29, 0.717) is 34.2 Å². The molecule has 0 spiro atoms. The molecule has 0 N–H and O–H groups in total. The summed E-state index contributed by atoms with van der Waals surface area (Å²) in [5, 5.41) is 0. The number of benzene rings is 3. The summed E-state index contributed by atoms with van der Waals surface area (Å²) in [6.45, 7) is 0.527. The predicted molar refractivity (Wildman–Crippen MR) is 107 cm³/mol. The molecule has 0 aliphatic heterocycles. The van der Waals surface area contributed by atoms with Crippen molar-refractivity contribution in [3.8, 4) is 11.5 Å². The SMILES string of the molecule is O=Cc1ccccc1OC(=O)c1ccc(OCCc2ccccc2)c(Br)c1. The van der Waals surface area contributed by atoms with E-state index < -0.39 is 5.97 Å². The smallest absolute Gasteiger partial charge is 0.343 e. The van der Waals surface area contributed by atoms with Crippen LogP contribution in [0, 0.1) is 0 Å². The number of carbonyl (C=O) groups excluding carboxylic acids is 2. The second-order valence-electron chi connectivity index (χ2n) is 5.77. The molecule has 0 saturated carbocycles. The van der Waals surface area contributed by atoms with Gasteiger partial charge in [-0.05, 0) is 51.8 Å². The van der Waals surface area contributed by atoms with Crippen LogP contribution in [0.2, 0.25) is 0 Å². The van der Waals surface area contributed by atoms with E-state index in [9.17, 15) is 9.59 Å². The normalized spacial score (nSPS) is 10.3. The van der Waals surface area contributed by atoms with Gasteiger partial charge in [0.05, 0.1) is 22.2 Å². The Balaban J connectivity index is 1.63. The fourth-order valence-electron chi connectivity index (χ4n) is 2.50. The van der Waals surface area contributed by atoms with E-state index in [1.54, 1.807) is 42.5 Å². The van der Waals surface area contributed by atoms with Gasteiger partial charge in [0.1, 0.15) is 11.5 Å². The molecular weight excluding hydrogens is 408 g/mol. The lowest BCUT2D eigenvalue weighted by Gasteiger charge is -2.10. The van der Waals surface area contributed by atoms with E-state index in [1.807, 2.05) is 18.2 Å². The second-order valence-corrected chi connectivity index (χ2v) is 6.63. The summed E-state index contributed by atoms with van der Waals surface area (Å²) in [6.07, 6.45) is 1.45. The highest BCUT2D eigenvalue weighted by atomic mass is 79.9. The molecule has 3 aromatic carbocycles. The third-order valence-corrected chi connectivity index (χ3v) is 4.53. The first-order chi connectivity index (χ1) is 13.2. The zero-order valence-electron chi connectivity index (χ0n) is 14.4. The Morgan fingerprint density at radius 1 is 0.926 bits per heavy atom. The van der Waals surface area contributed by atoms with E-state index in [1.165, 1.54) is 5.56 Å². The third-order valence-electron chi connectivity index (χ3n) is 3.91. The van der Waals surface area contributed by atoms with Crippen LogP contribution in [0.15, 0.2) is 77.3 Å². The highest BCUT2D eigenvalue weighted by Crippen LogP contribution is 2.27. The molecule has 0 amide bonds. The second kappa shape index (κ2) is 9.14. The van der Waals surface area contributed by atoms with Crippen LogP contribution in [-0.2, 0) is 6.42 Å². The fraction of sp³-hybridized carbons (Fsp3) is 0.0909. The molecule has 0 aliphatic carbocycles. The number of carbonyl (C=O) groups is 2. The van der Waals surface area contributed by atoms with Gasteiger partial charge in [0.15, 0.2) is 6.29 Å². The van der Waals surface area contributed by atoms with Crippen molar-refractivity contribution in [3.63, 3.8) is 0 Å². The quantitative estimate of drug-likeness (QED) is 0.300. The summed E-state index contributed by atoms with van der Waals surface area (Å²) < 4.78 is 11.8. The molecule has 0 saturated heterocycles. The van der Waals surface area contributed by atoms with Crippen molar-refractivity contribution in [3.05, 3.63) is 94.0 Å². The van der Waals surface area contributed by atoms with Gasteiger partial charge in [-0.1, -0.05) is 42.5 Å². The standard InChI is InChI=1S/C22H17BrO4/c23-19-14-17(22(25)27-20-9-5-4-8-18(20)15-24)10-11-21(19)26-13-12-16-6-2-1-3-7-16/h1-11,14-15H,12-13H2. The van der Waals surface area contributed by atoms with E-state index >= 15 is 0 Å². The molecule has 3 aromatic rings. The first-order valence-corrected chi connectivity index (χ1v) is 9.19. The summed E-state index contributed by atoms with van der Waals surface area (Å²) in [5.41, 5.74) is 1.88. The average molecular weight is 425 g/mol. The number of rotatable bonds is 7. The molecule has 3 rings (SSSR count). The van der Waals surface area contributed by atoms with E-state index in [4.69, 9.17) is 9.47 Å². The van der Waals surface area contributed by atoms with Crippen molar-refractivity contribution in [2.75, 3.05) is 6.61 Å². The summed E-state index contributed by atoms with van der Waals surface area (Å²) in [5.74, 6) is 0.341. The fourth-order valence-corrected chi connectivity index (χ4v) is 2.99. The molecule has 0 heterocycles. The van der Waals surface area contributed by atoms with Crippen LogP contribution in [0.3, 0.4) is 0 Å². The average Bonchev–Trinajstić information content (AvgIpc) is 2.70. The topological polar surface area (TPSA) is 52.6 Å². The van der Waals surface area contributed by atoms with E-state index in [2.05, 4.69) is 28.1 Å². The van der Waals surface area contributed by atoms with Crippen molar-refractivity contribution < 1.29 is 19.1 Å². The Morgan fingerprint density at radius 3 is 2.41 bits per heavy atom. The van der Waals surface area contributed by atoms with Crippen molar-refractivity contribution in [1.82, 2.24) is 0 Å². The molecule has 0 aliphatic rings. The number of halogens is 1. The first kappa shape index (κ1) is 18.9. The highest BCUT2D eigenvalue weighted by Gasteiger charge is 2.13. The van der Waals surface area contributed by atoms with Crippen molar-refractivity contribution in [2.24, 2.45) is 0 Å². The van der Waals surface area contributed by atoms with Crippen LogP contribution in [0.25, 0.3) is 0 Å². The maximum absolute atomic E-state index is 12.3. The molecule has 5 heteroatoms. The molecule has 136 valence electrons. The highest BCUT2D eigenvalue weighted by molar-refractivity contribution is 9.10. The lowest BCUT2D eigenvalue weighted by atomic mass is 10.2. The van der Waals surface area contributed by atoms with Gasteiger partial charge in [-0.2, -0.15) is 0 Å². The monoisotopic (exact) mass is 424 g/mol. The number of hydrogen-bond donors (Lipinski definition) is 0. The molecule has 0 bridgehead atoms. The van der Waals surface area contributed by atoms with Crippen molar-refractivity contribution in [2.45, 2.75) is 6.42 Å². The summed E-state index contributed by atoms with van der Waals surface area (Å²) >= 11 is 3.43. The van der Waals surface area contributed by atoms with Crippen molar-refractivity contribution in [1.29, 1.82) is 0 Å². The summed E-state index contributed by atoms with van der Waals surface area (Å²) in [6, 6.07) is 21.6. The van der Waals surface area contributed by atoms with Crippen LogP contribution in [0.5, 0.6) is 11.5 Å². The van der Waals surface area contributed by atoms with Gasteiger partial charge in [-0.25, -0.2) is 4.79 Å². The zero-order valence-corrected chi connectivity index (χ0v) is 16.0. The van der Waals surface area contributed by atoms with Crippen molar-refractivity contribution >= 4 is 28.2 Å². The minimum atomic E-state index is -0.541. The summed E-state index contributed by atoms with van der Waals surface area (Å²) in [7, 11) is 0. The zero-order chi connectivity index (χ0) is 19.1. The molecule has 0 atom stereocenters. The molecule has 27 heavy (non-hydrogen) atoms. The Labute approximate surface area is 165 Å². The van der Waals surface area contributed by atoms with Crippen LogP contribution in [0.4, 0.5) is 0 Å². The van der Waals surface area contributed by atoms with Gasteiger partial charge in [-0.3, -0.25) is 4.79 Å². The minimum absolute atomic E-state index is 0.233. The van der Waals surface area contributed by atoms with Crippen LogP contribution >= 0.6 is 15.9 Å². The predicted octanol–water partition coefficient (Wildman–Crippen LogP) is 5.10. The van der Waals surface area contributed by atoms with Gasteiger partial charge in [0.25, 0.3) is 0 Å².